The topological polar surface area (TPSA) is 57.6 Å². The lowest BCUT2D eigenvalue weighted by atomic mass is 10.2. The second kappa shape index (κ2) is 5.65. The molecule has 0 aliphatic carbocycles. The molecule has 4 nitrogen and oxygen atoms in total. The quantitative estimate of drug-likeness (QED) is 0.863. The SMILES string of the molecule is CC(=O)N(CCBr)c1ccc(C(=O)O)cc1. The normalized spacial score (nSPS) is 9.88. The van der Waals surface area contributed by atoms with E-state index < -0.39 is 5.97 Å². The fraction of sp³-hybridized carbons (Fsp3) is 0.273. The number of aromatic carboxylic acids is 1. The van der Waals surface area contributed by atoms with Gasteiger partial charge in [0, 0.05) is 24.5 Å². The maximum absolute atomic E-state index is 11.3. The third kappa shape index (κ3) is 3.06. The van der Waals surface area contributed by atoms with Gasteiger partial charge in [-0.3, -0.25) is 4.79 Å². The summed E-state index contributed by atoms with van der Waals surface area (Å²) >= 11 is 3.27. The number of carbonyl (C=O) groups is 2. The Bertz CT molecular complexity index is 389. The third-order valence-corrected chi connectivity index (χ3v) is 2.47. The number of carbonyl (C=O) groups excluding carboxylic acids is 1. The predicted octanol–water partition coefficient (Wildman–Crippen LogP) is 2.13. The number of rotatable bonds is 4. The number of nitrogens with zero attached hydrogens (tertiary/aromatic N) is 1. The Morgan fingerprint density at radius 3 is 2.25 bits per heavy atom. The number of anilines is 1. The lowest BCUT2D eigenvalue weighted by Gasteiger charge is -2.19. The van der Waals surface area contributed by atoms with Crippen LogP contribution < -0.4 is 4.90 Å². The highest BCUT2D eigenvalue weighted by Crippen LogP contribution is 2.15. The van der Waals surface area contributed by atoms with Gasteiger partial charge >= 0.3 is 5.97 Å². The molecule has 1 aromatic rings. The molecule has 1 N–H and O–H groups in total. The molecule has 0 aliphatic heterocycles. The van der Waals surface area contributed by atoms with Crippen molar-refractivity contribution in [2.75, 3.05) is 16.8 Å². The van der Waals surface area contributed by atoms with Crippen LogP contribution in [0.3, 0.4) is 0 Å². The molecule has 0 aliphatic rings. The first-order chi connectivity index (χ1) is 7.56. The number of carboxylic acids is 1. The van der Waals surface area contributed by atoms with E-state index in [0.29, 0.717) is 17.6 Å². The number of benzene rings is 1. The minimum absolute atomic E-state index is 0.0671. The van der Waals surface area contributed by atoms with Crippen molar-refractivity contribution in [3.8, 4) is 0 Å². The van der Waals surface area contributed by atoms with Gasteiger partial charge < -0.3 is 10.0 Å². The van der Waals surface area contributed by atoms with Crippen molar-refractivity contribution in [2.45, 2.75) is 6.92 Å². The molecule has 1 rings (SSSR count). The van der Waals surface area contributed by atoms with Crippen molar-refractivity contribution in [1.82, 2.24) is 0 Å². The smallest absolute Gasteiger partial charge is 0.335 e. The van der Waals surface area contributed by atoms with Crippen LogP contribution in [0.4, 0.5) is 5.69 Å². The van der Waals surface area contributed by atoms with Gasteiger partial charge in [-0.25, -0.2) is 4.79 Å². The van der Waals surface area contributed by atoms with Crippen LogP contribution in [0.1, 0.15) is 17.3 Å². The average Bonchev–Trinajstić information content (AvgIpc) is 2.25. The van der Waals surface area contributed by atoms with Gasteiger partial charge in [-0.05, 0) is 24.3 Å². The Kier molecular flexibility index (Phi) is 4.49. The van der Waals surface area contributed by atoms with Gasteiger partial charge in [-0.2, -0.15) is 0 Å². The van der Waals surface area contributed by atoms with E-state index in [0.717, 1.165) is 0 Å². The molecule has 16 heavy (non-hydrogen) atoms. The first-order valence-electron chi connectivity index (χ1n) is 4.73. The van der Waals surface area contributed by atoms with E-state index in [2.05, 4.69) is 15.9 Å². The Morgan fingerprint density at radius 1 is 1.31 bits per heavy atom. The molecule has 0 spiro atoms. The summed E-state index contributed by atoms with van der Waals surface area (Å²) in [6, 6.07) is 6.24. The molecule has 0 saturated carbocycles. The largest absolute Gasteiger partial charge is 0.478 e. The molecule has 0 radical (unpaired) electrons. The van der Waals surface area contributed by atoms with Gasteiger partial charge in [0.15, 0.2) is 0 Å². The molecule has 0 heterocycles. The van der Waals surface area contributed by atoms with Crippen LogP contribution >= 0.6 is 15.9 Å². The fourth-order valence-electron chi connectivity index (χ4n) is 1.34. The molecule has 5 heteroatoms. The Hall–Kier alpha value is -1.36. The lowest BCUT2D eigenvalue weighted by molar-refractivity contribution is -0.116. The molecule has 0 bridgehead atoms. The fourth-order valence-corrected chi connectivity index (χ4v) is 1.69. The molecule has 0 atom stereocenters. The summed E-state index contributed by atoms with van der Waals surface area (Å²) in [7, 11) is 0. The zero-order chi connectivity index (χ0) is 12.1. The molecular weight excluding hydrogens is 274 g/mol. The summed E-state index contributed by atoms with van der Waals surface area (Å²) in [5, 5.41) is 9.41. The van der Waals surface area contributed by atoms with Gasteiger partial charge in [0.05, 0.1) is 5.56 Å². The maximum Gasteiger partial charge on any atom is 0.335 e. The number of hydrogen-bond donors (Lipinski definition) is 1. The standard InChI is InChI=1S/C11H12BrNO3/c1-8(14)13(7-6-12)10-4-2-9(3-5-10)11(15)16/h2-5H,6-7H2,1H3,(H,15,16). The Labute approximate surface area is 102 Å². The summed E-state index contributed by atoms with van der Waals surface area (Å²) in [4.78, 5) is 23.6. The summed E-state index contributed by atoms with van der Waals surface area (Å²) in [6.07, 6.45) is 0. The molecule has 0 saturated heterocycles. The van der Waals surface area contributed by atoms with Gasteiger partial charge in [0.25, 0.3) is 0 Å². The van der Waals surface area contributed by atoms with Crippen LogP contribution in [-0.2, 0) is 4.79 Å². The van der Waals surface area contributed by atoms with Crippen LogP contribution in [0.5, 0.6) is 0 Å². The molecule has 0 unspecified atom stereocenters. The predicted molar refractivity (Wildman–Crippen MR) is 65.2 cm³/mol. The van der Waals surface area contributed by atoms with E-state index in [1.165, 1.54) is 19.1 Å². The lowest BCUT2D eigenvalue weighted by Crippen LogP contribution is -2.30. The van der Waals surface area contributed by atoms with Crippen LogP contribution in [-0.4, -0.2) is 28.9 Å². The van der Waals surface area contributed by atoms with Crippen molar-refractivity contribution in [1.29, 1.82) is 0 Å². The first-order valence-corrected chi connectivity index (χ1v) is 5.86. The number of alkyl halides is 1. The van der Waals surface area contributed by atoms with E-state index in [4.69, 9.17) is 5.11 Å². The van der Waals surface area contributed by atoms with Gasteiger partial charge in [0.2, 0.25) is 5.91 Å². The molecule has 86 valence electrons. The molecule has 1 aromatic carbocycles. The second-order valence-corrected chi connectivity index (χ2v) is 4.00. The van der Waals surface area contributed by atoms with E-state index in [9.17, 15) is 9.59 Å². The van der Waals surface area contributed by atoms with E-state index in [-0.39, 0.29) is 11.5 Å². The average molecular weight is 286 g/mol. The van der Waals surface area contributed by atoms with E-state index in [1.54, 1.807) is 17.0 Å². The van der Waals surface area contributed by atoms with E-state index >= 15 is 0 Å². The van der Waals surface area contributed by atoms with Crippen molar-refractivity contribution in [3.05, 3.63) is 29.8 Å². The number of amides is 1. The zero-order valence-corrected chi connectivity index (χ0v) is 10.4. The maximum atomic E-state index is 11.3. The van der Waals surface area contributed by atoms with Crippen molar-refractivity contribution in [3.63, 3.8) is 0 Å². The highest BCUT2D eigenvalue weighted by molar-refractivity contribution is 9.09. The minimum Gasteiger partial charge on any atom is -0.478 e. The molecule has 1 amide bonds. The van der Waals surface area contributed by atoms with Crippen molar-refractivity contribution >= 4 is 33.5 Å². The van der Waals surface area contributed by atoms with Crippen LogP contribution in [0.15, 0.2) is 24.3 Å². The highest BCUT2D eigenvalue weighted by Gasteiger charge is 2.11. The number of carboxylic acid groups (broad SMARTS) is 1. The van der Waals surface area contributed by atoms with E-state index in [1.807, 2.05) is 0 Å². The zero-order valence-electron chi connectivity index (χ0n) is 8.81. The highest BCUT2D eigenvalue weighted by atomic mass is 79.9. The molecule has 0 fully saturated rings. The van der Waals surface area contributed by atoms with Crippen LogP contribution in [0.25, 0.3) is 0 Å². The summed E-state index contributed by atoms with van der Waals surface area (Å²) in [6.45, 7) is 2.04. The number of halogens is 1. The van der Waals surface area contributed by atoms with Crippen LogP contribution in [0, 0.1) is 0 Å². The summed E-state index contributed by atoms with van der Waals surface area (Å²) in [5.41, 5.74) is 0.919. The second-order valence-electron chi connectivity index (χ2n) is 3.21. The monoisotopic (exact) mass is 285 g/mol. The molecular formula is C11H12BrNO3. The van der Waals surface area contributed by atoms with Crippen LogP contribution in [0.2, 0.25) is 0 Å². The number of hydrogen-bond acceptors (Lipinski definition) is 2. The van der Waals surface area contributed by atoms with Gasteiger partial charge in [-0.1, -0.05) is 15.9 Å². The first kappa shape index (κ1) is 12.7. The van der Waals surface area contributed by atoms with Gasteiger partial charge in [-0.15, -0.1) is 0 Å². The Morgan fingerprint density at radius 2 is 1.88 bits per heavy atom. The van der Waals surface area contributed by atoms with Crippen molar-refractivity contribution < 1.29 is 14.7 Å². The minimum atomic E-state index is -0.971. The third-order valence-electron chi connectivity index (χ3n) is 2.11. The Balaban J connectivity index is 2.94. The van der Waals surface area contributed by atoms with Gasteiger partial charge in [0.1, 0.15) is 0 Å². The summed E-state index contributed by atoms with van der Waals surface area (Å²) < 4.78 is 0. The van der Waals surface area contributed by atoms with Crippen molar-refractivity contribution in [2.24, 2.45) is 0 Å². The molecule has 0 aromatic heterocycles. The summed E-state index contributed by atoms with van der Waals surface area (Å²) in [5.74, 6) is -1.04.